The van der Waals surface area contributed by atoms with Gasteiger partial charge in [0.05, 0.1) is 20.3 Å². The summed E-state index contributed by atoms with van der Waals surface area (Å²) in [5.74, 6) is -0.129. The van der Waals surface area contributed by atoms with Crippen molar-refractivity contribution in [3.8, 4) is 5.75 Å². The number of methoxy groups -OCH3 is 1. The number of sulfonamides is 1. The van der Waals surface area contributed by atoms with E-state index in [9.17, 15) is 13.2 Å². The summed E-state index contributed by atoms with van der Waals surface area (Å²) < 4.78 is 39.2. The Morgan fingerprint density at radius 2 is 1.91 bits per heavy atom. The van der Waals surface area contributed by atoms with Gasteiger partial charge in [-0.1, -0.05) is 18.6 Å². The molecule has 9 heteroatoms. The van der Waals surface area contributed by atoms with E-state index in [-0.39, 0.29) is 28.2 Å². The summed E-state index contributed by atoms with van der Waals surface area (Å²) in [5, 5.41) is 2.91. The number of carbonyl (C=O) groups is 1. The summed E-state index contributed by atoms with van der Waals surface area (Å²) in [7, 11) is -2.36. The van der Waals surface area contributed by atoms with Crippen LogP contribution in [0, 0.1) is 0 Å². The third-order valence-electron chi connectivity index (χ3n) is 6.45. The van der Waals surface area contributed by atoms with Crippen LogP contribution >= 0.6 is 0 Å². The van der Waals surface area contributed by atoms with E-state index < -0.39 is 10.0 Å². The topological polar surface area (TPSA) is 88.2 Å². The lowest BCUT2D eigenvalue weighted by atomic mass is 10.1. The van der Waals surface area contributed by atoms with Crippen LogP contribution in [0.2, 0.25) is 0 Å². The van der Waals surface area contributed by atoms with Gasteiger partial charge in [-0.05, 0) is 55.7 Å². The number of benzene rings is 2. The standard InChI is InChI=1S/C25H33N3O5S/c1-19-6-3-4-11-28(19)34(30,31)24-17-21(9-10-23(24)32-2)25(29)26-22-8-5-7-20(16-22)18-27-12-14-33-15-13-27/h5,7-10,16-17,19H,3-4,6,11-15,18H2,1-2H3,(H,26,29). The normalized spacial score (nSPS) is 20.1. The Kier molecular flexibility index (Phi) is 7.88. The molecule has 184 valence electrons. The number of carbonyl (C=O) groups excluding carboxylic acids is 1. The fraction of sp³-hybridized carbons (Fsp3) is 0.480. The van der Waals surface area contributed by atoms with E-state index in [4.69, 9.17) is 9.47 Å². The molecule has 2 aromatic rings. The summed E-state index contributed by atoms with van der Waals surface area (Å²) in [5.41, 5.74) is 2.03. The summed E-state index contributed by atoms with van der Waals surface area (Å²) in [6.45, 7) is 6.41. The molecule has 0 aliphatic carbocycles. The summed E-state index contributed by atoms with van der Waals surface area (Å²) >= 11 is 0. The molecule has 34 heavy (non-hydrogen) atoms. The SMILES string of the molecule is COc1ccc(C(=O)Nc2cccc(CN3CCOCC3)c2)cc1S(=O)(=O)N1CCCCC1C. The van der Waals surface area contributed by atoms with E-state index in [2.05, 4.69) is 10.2 Å². The molecule has 0 saturated carbocycles. The summed E-state index contributed by atoms with van der Waals surface area (Å²) in [6, 6.07) is 12.2. The van der Waals surface area contributed by atoms with Gasteiger partial charge in [-0.15, -0.1) is 0 Å². The van der Waals surface area contributed by atoms with Crippen LogP contribution in [-0.2, 0) is 21.3 Å². The lowest BCUT2D eigenvalue weighted by Crippen LogP contribution is -2.42. The molecule has 1 amide bonds. The zero-order valence-electron chi connectivity index (χ0n) is 19.8. The third kappa shape index (κ3) is 5.60. The molecule has 2 aromatic carbocycles. The highest BCUT2D eigenvalue weighted by Gasteiger charge is 2.33. The van der Waals surface area contributed by atoms with Crippen LogP contribution in [0.5, 0.6) is 5.75 Å². The summed E-state index contributed by atoms with van der Waals surface area (Å²) in [4.78, 5) is 15.4. The molecule has 0 aromatic heterocycles. The van der Waals surface area contributed by atoms with Gasteiger partial charge >= 0.3 is 0 Å². The molecule has 2 heterocycles. The average molecular weight is 488 g/mol. The first-order chi connectivity index (χ1) is 16.4. The Bertz CT molecular complexity index is 1120. The van der Waals surface area contributed by atoms with Crippen molar-refractivity contribution in [3.05, 3.63) is 53.6 Å². The highest BCUT2D eigenvalue weighted by Crippen LogP contribution is 2.32. The van der Waals surface area contributed by atoms with E-state index >= 15 is 0 Å². The van der Waals surface area contributed by atoms with Crippen LogP contribution in [0.3, 0.4) is 0 Å². The lowest BCUT2D eigenvalue weighted by Gasteiger charge is -2.32. The van der Waals surface area contributed by atoms with Gasteiger partial charge in [0.1, 0.15) is 10.6 Å². The molecular formula is C25H33N3O5S. The second-order valence-electron chi connectivity index (χ2n) is 8.87. The van der Waals surface area contributed by atoms with E-state index in [1.807, 2.05) is 31.2 Å². The minimum absolute atomic E-state index is 0.0254. The molecule has 0 radical (unpaired) electrons. The third-order valence-corrected chi connectivity index (χ3v) is 8.48. The largest absolute Gasteiger partial charge is 0.495 e. The van der Waals surface area contributed by atoms with Crippen molar-refractivity contribution in [1.82, 2.24) is 9.21 Å². The average Bonchev–Trinajstić information content (AvgIpc) is 2.84. The predicted octanol–water partition coefficient (Wildman–Crippen LogP) is 3.34. The molecule has 1 atom stereocenters. The second-order valence-corrected chi connectivity index (χ2v) is 10.7. The maximum absolute atomic E-state index is 13.4. The van der Waals surface area contributed by atoms with Crippen LogP contribution in [0.4, 0.5) is 5.69 Å². The van der Waals surface area contributed by atoms with E-state index in [1.165, 1.54) is 17.5 Å². The van der Waals surface area contributed by atoms with Crippen LogP contribution < -0.4 is 10.1 Å². The van der Waals surface area contributed by atoms with Crippen molar-refractivity contribution < 1.29 is 22.7 Å². The first-order valence-electron chi connectivity index (χ1n) is 11.8. The fourth-order valence-electron chi connectivity index (χ4n) is 4.54. The van der Waals surface area contributed by atoms with Crippen LogP contribution in [0.15, 0.2) is 47.4 Å². The zero-order chi connectivity index (χ0) is 24.1. The monoisotopic (exact) mass is 487 g/mol. The van der Waals surface area contributed by atoms with Crippen LogP contribution in [0.1, 0.15) is 42.1 Å². The van der Waals surface area contributed by atoms with Gasteiger partial charge in [0.25, 0.3) is 5.91 Å². The van der Waals surface area contributed by atoms with E-state index in [0.717, 1.165) is 57.7 Å². The number of morpholine rings is 1. The number of anilines is 1. The number of rotatable bonds is 7. The van der Waals surface area contributed by atoms with Crippen molar-refractivity contribution in [2.45, 2.75) is 43.7 Å². The molecule has 2 fully saturated rings. The fourth-order valence-corrected chi connectivity index (χ4v) is 6.43. The number of nitrogens with zero attached hydrogens (tertiary/aromatic N) is 2. The number of hydrogen-bond donors (Lipinski definition) is 1. The number of hydrogen-bond acceptors (Lipinski definition) is 6. The molecule has 2 aliphatic heterocycles. The lowest BCUT2D eigenvalue weighted by molar-refractivity contribution is 0.0342. The van der Waals surface area contributed by atoms with Gasteiger partial charge in [-0.2, -0.15) is 4.31 Å². The number of ether oxygens (including phenoxy) is 2. The Morgan fingerprint density at radius 3 is 2.65 bits per heavy atom. The van der Waals surface area contributed by atoms with E-state index in [1.54, 1.807) is 12.1 Å². The Hall–Kier alpha value is -2.46. The predicted molar refractivity (Wildman–Crippen MR) is 131 cm³/mol. The molecule has 2 aliphatic rings. The highest BCUT2D eigenvalue weighted by atomic mass is 32.2. The molecule has 1 N–H and O–H groups in total. The van der Waals surface area contributed by atoms with Crippen molar-refractivity contribution >= 4 is 21.6 Å². The van der Waals surface area contributed by atoms with Crippen molar-refractivity contribution in [3.63, 3.8) is 0 Å². The molecule has 0 bridgehead atoms. The molecule has 1 unspecified atom stereocenters. The van der Waals surface area contributed by atoms with Gasteiger partial charge in [-0.3, -0.25) is 9.69 Å². The van der Waals surface area contributed by atoms with Crippen molar-refractivity contribution in [2.24, 2.45) is 0 Å². The second kappa shape index (κ2) is 10.9. The molecule has 8 nitrogen and oxygen atoms in total. The summed E-state index contributed by atoms with van der Waals surface area (Å²) in [6.07, 6.45) is 2.66. The Morgan fingerprint density at radius 1 is 1.12 bits per heavy atom. The molecule has 2 saturated heterocycles. The molecule has 0 spiro atoms. The molecular weight excluding hydrogens is 454 g/mol. The minimum atomic E-state index is -3.79. The van der Waals surface area contributed by atoms with Gasteiger partial charge in [0.15, 0.2) is 0 Å². The van der Waals surface area contributed by atoms with Crippen molar-refractivity contribution in [1.29, 1.82) is 0 Å². The van der Waals surface area contributed by atoms with Gasteiger partial charge in [0.2, 0.25) is 10.0 Å². The first-order valence-corrected chi connectivity index (χ1v) is 13.2. The van der Waals surface area contributed by atoms with Crippen molar-refractivity contribution in [2.75, 3.05) is 45.3 Å². The Labute approximate surface area is 201 Å². The smallest absolute Gasteiger partial charge is 0.255 e. The van der Waals surface area contributed by atoms with Gasteiger partial charge in [0, 0.05) is 43.5 Å². The van der Waals surface area contributed by atoms with Gasteiger partial charge in [-0.25, -0.2) is 8.42 Å². The maximum Gasteiger partial charge on any atom is 0.255 e. The van der Waals surface area contributed by atoms with Crippen LogP contribution in [0.25, 0.3) is 0 Å². The minimum Gasteiger partial charge on any atom is -0.495 e. The number of piperidine rings is 1. The highest BCUT2D eigenvalue weighted by molar-refractivity contribution is 7.89. The maximum atomic E-state index is 13.4. The Balaban J connectivity index is 1.53. The first kappa shape index (κ1) is 24.7. The number of amides is 1. The van der Waals surface area contributed by atoms with Gasteiger partial charge < -0.3 is 14.8 Å². The quantitative estimate of drug-likeness (QED) is 0.645. The zero-order valence-corrected chi connectivity index (χ0v) is 20.6. The number of nitrogens with one attached hydrogen (secondary N) is 1. The van der Waals surface area contributed by atoms with Crippen LogP contribution in [-0.4, -0.2) is 69.5 Å². The van der Waals surface area contributed by atoms with E-state index in [0.29, 0.717) is 12.2 Å². The molecule has 4 rings (SSSR count).